The van der Waals surface area contributed by atoms with Gasteiger partial charge in [-0.15, -0.1) is 0 Å². The molecule has 0 aliphatic rings. The van der Waals surface area contributed by atoms with Crippen LogP contribution in [-0.4, -0.2) is 5.91 Å². The van der Waals surface area contributed by atoms with Crippen LogP contribution in [0, 0.1) is 6.54 Å². The molecule has 0 aromatic carbocycles. The van der Waals surface area contributed by atoms with Gasteiger partial charge in [-0.2, -0.15) is 0 Å². The van der Waals surface area contributed by atoms with Gasteiger partial charge in [-0.3, -0.25) is 4.79 Å². The fourth-order valence-electron chi connectivity index (χ4n) is 1.35. The zero-order chi connectivity index (χ0) is 10.6. The van der Waals surface area contributed by atoms with Crippen molar-refractivity contribution in [1.29, 1.82) is 0 Å². The molecule has 1 N–H and O–H groups in total. The number of nitrogens with one attached hydrogen (secondary N) is 1. The Morgan fingerprint density at radius 3 is 2.36 bits per heavy atom. The number of amides is 1. The summed E-state index contributed by atoms with van der Waals surface area (Å²) in [4.78, 5) is 11.1. The molecule has 1 amide bonds. The number of hydrogen-bond acceptors (Lipinski definition) is 1. The van der Waals surface area contributed by atoms with Gasteiger partial charge in [0.1, 0.15) is 0 Å². The summed E-state index contributed by atoms with van der Waals surface area (Å²) < 4.78 is 0. The van der Waals surface area contributed by atoms with Crippen LogP contribution in [0.15, 0.2) is 0 Å². The van der Waals surface area contributed by atoms with Crippen molar-refractivity contribution >= 4 is 5.91 Å². The summed E-state index contributed by atoms with van der Waals surface area (Å²) >= 11 is 0. The number of rotatable bonds is 9. The summed E-state index contributed by atoms with van der Waals surface area (Å²) in [5.74, 6) is 0.169. The van der Waals surface area contributed by atoms with Crippen molar-refractivity contribution < 1.29 is 4.79 Å². The van der Waals surface area contributed by atoms with Gasteiger partial charge in [0, 0.05) is 13.0 Å². The molecule has 14 heavy (non-hydrogen) atoms. The maximum Gasteiger partial charge on any atom is 0.220 e. The largest absolute Gasteiger partial charge is 0.351 e. The topological polar surface area (TPSA) is 29.1 Å². The van der Waals surface area contributed by atoms with Crippen LogP contribution in [0.2, 0.25) is 0 Å². The van der Waals surface area contributed by atoms with Crippen molar-refractivity contribution in [2.45, 2.75) is 65.2 Å². The molecule has 0 saturated carbocycles. The van der Waals surface area contributed by atoms with Crippen LogP contribution in [0.1, 0.15) is 65.2 Å². The number of unbranched alkanes of at least 4 members (excludes halogenated alkanes) is 5. The lowest BCUT2D eigenvalue weighted by atomic mass is 10.1. The van der Waals surface area contributed by atoms with Gasteiger partial charge in [0.2, 0.25) is 5.91 Å². The Kier molecular flexibility index (Phi) is 10.2. The van der Waals surface area contributed by atoms with Crippen LogP contribution in [0.25, 0.3) is 0 Å². The minimum Gasteiger partial charge on any atom is -0.351 e. The zero-order valence-corrected chi connectivity index (χ0v) is 9.64. The van der Waals surface area contributed by atoms with Crippen LogP contribution in [0.3, 0.4) is 0 Å². The third-order valence-electron chi connectivity index (χ3n) is 2.22. The summed E-state index contributed by atoms with van der Waals surface area (Å²) in [6.07, 6.45) is 9.02. The standard InChI is InChI=1S/C12H24NO/c1-3-5-6-7-8-9-10-12(14)13-11-4-2/h11H,3-10H2,1-2H3,(H,13,14). The van der Waals surface area contributed by atoms with E-state index in [9.17, 15) is 4.79 Å². The van der Waals surface area contributed by atoms with E-state index in [1.165, 1.54) is 32.1 Å². The van der Waals surface area contributed by atoms with Crippen molar-refractivity contribution in [2.24, 2.45) is 0 Å². The SMILES string of the molecule is CC[CH]NC(=O)CCCCCCCC. The first-order valence-electron chi connectivity index (χ1n) is 5.92. The smallest absolute Gasteiger partial charge is 0.220 e. The molecule has 0 saturated heterocycles. The van der Waals surface area contributed by atoms with E-state index in [1.54, 1.807) is 0 Å². The molecule has 0 aromatic heterocycles. The molecular formula is C12H24NO. The Hall–Kier alpha value is -0.530. The van der Waals surface area contributed by atoms with Gasteiger partial charge in [-0.05, 0) is 12.8 Å². The Bertz CT molecular complexity index is 134. The van der Waals surface area contributed by atoms with E-state index < -0.39 is 0 Å². The van der Waals surface area contributed by atoms with Gasteiger partial charge < -0.3 is 5.32 Å². The van der Waals surface area contributed by atoms with Crippen LogP contribution in [-0.2, 0) is 4.79 Å². The maximum atomic E-state index is 11.1. The second kappa shape index (κ2) is 10.6. The van der Waals surface area contributed by atoms with E-state index in [-0.39, 0.29) is 5.91 Å². The van der Waals surface area contributed by atoms with E-state index in [0.717, 1.165) is 12.8 Å². The van der Waals surface area contributed by atoms with E-state index in [4.69, 9.17) is 0 Å². The molecule has 0 fully saturated rings. The molecule has 0 aliphatic carbocycles. The number of carbonyl (C=O) groups excluding carboxylic acids is 1. The van der Waals surface area contributed by atoms with Gasteiger partial charge in [-0.1, -0.05) is 46.0 Å². The fraction of sp³-hybridized carbons (Fsp3) is 0.833. The van der Waals surface area contributed by atoms with E-state index in [1.807, 2.05) is 13.5 Å². The summed E-state index contributed by atoms with van der Waals surface area (Å²) in [7, 11) is 0. The summed E-state index contributed by atoms with van der Waals surface area (Å²) in [6, 6.07) is 0. The van der Waals surface area contributed by atoms with E-state index in [2.05, 4.69) is 12.2 Å². The normalized spacial score (nSPS) is 10.1. The highest BCUT2D eigenvalue weighted by Crippen LogP contribution is 2.06. The lowest BCUT2D eigenvalue weighted by Crippen LogP contribution is -2.19. The van der Waals surface area contributed by atoms with Crippen molar-refractivity contribution in [1.82, 2.24) is 5.32 Å². The molecule has 0 rings (SSSR count). The van der Waals surface area contributed by atoms with Crippen LogP contribution in [0.4, 0.5) is 0 Å². The highest BCUT2D eigenvalue weighted by atomic mass is 16.1. The lowest BCUT2D eigenvalue weighted by molar-refractivity contribution is -0.120. The first-order chi connectivity index (χ1) is 6.81. The first-order valence-corrected chi connectivity index (χ1v) is 5.92. The third kappa shape index (κ3) is 9.56. The number of hydrogen-bond donors (Lipinski definition) is 1. The molecule has 0 aromatic rings. The van der Waals surface area contributed by atoms with E-state index in [0.29, 0.717) is 6.42 Å². The molecule has 83 valence electrons. The molecule has 0 heterocycles. The molecule has 0 aliphatic heterocycles. The molecule has 2 heteroatoms. The van der Waals surface area contributed by atoms with Crippen LogP contribution in [0.5, 0.6) is 0 Å². The summed E-state index contributed by atoms with van der Waals surface area (Å²) in [5, 5.41) is 2.77. The van der Waals surface area contributed by atoms with Gasteiger partial charge in [0.15, 0.2) is 0 Å². The highest BCUT2D eigenvalue weighted by Gasteiger charge is 1.98. The zero-order valence-electron chi connectivity index (χ0n) is 9.64. The predicted octanol–water partition coefficient (Wildman–Crippen LogP) is 3.42. The van der Waals surface area contributed by atoms with Crippen LogP contribution >= 0.6 is 0 Å². The Morgan fingerprint density at radius 1 is 1.07 bits per heavy atom. The molecule has 2 nitrogen and oxygen atoms in total. The Morgan fingerprint density at radius 2 is 1.71 bits per heavy atom. The fourth-order valence-corrected chi connectivity index (χ4v) is 1.35. The lowest BCUT2D eigenvalue weighted by Gasteiger charge is -2.02. The third-order valence-corrected chi connectivity index (χ3v) is 2.22. The first kappa shape index (κ1) is 13.5. The predicted molar refractivity (Wildman–Crippen MR) is 60.7 cm³/mol. The maximum absolute atomic E-state index is 11.1. The second-order valence-corrected chi connectivity index (χ2v) is 3.70. The molecule has 0 spiro atoms. The van der Waals surface area contributed by atoms with Gasteiger partial charge in [-0.25, -0.2) is 0 Å². The second-order valence-electron chi connectivity index (χ2n) is 3.70. The molecule has 0 bridgehead atoms. The average molecular weight is 198 g/mol. The number of carbonyl (C=O) groups is 1. The monoisotopic (exact) mass is 198 g/mol. The van der Waals surface area contributed by atoms with Gasteiger partial charge in [0.05, 0.1) is 0 Å². The van der Waals surface area contributed by atoms with Crippen LogP contribution < -0.4 is 5.32 Å². The summed E-state index contributed by atoms with van der Waals surface area (Å²) in [5.41, 5.74) is 0. The quantitative estimate of drug-likeness (QED) is 0.565. The van der Waals surface area contributed by atoms with Gasteiger partial charge >= 0.3 is 0 Å². The highest BCUT2D eigenvalue weighted by molar-refractivity contribution is 5.76. The average Bonchev–Trinajstić information content (AvgIpc) is 2.20. The van der Waals surface area contributed by atoms with Crippen molar-refractivity contribution in [3.05, 3.63) is 6.54 Å². The molecular weight excluding hydrogens is 174 g/mol. The molecule has 0 atom stereocenters. The molecule has 0 unspecified atom stereocenters. The minimum absolute atomic E-state index is 0.169. The van der Waals surface area contributed by atoms with E-state index >= 15 is 0 Å². The van der Waals surface area contributed by atoms with Crippen molar-refractivity contribution in [3.8, 4) is 0 Å². The molecule has 1 radical (unpaired) electrons. The van der Waals surface area contributed by atoms with Crippen molar-refractivity contribution in [3.63, 3.8) is 0 Å². The van der Waals surface area contributed by atoms with Gasteiger partial charge in [0.25, 0.3) is 0 Å². The minimum atomic E-state index is 0.169. The summed E-state index contributed by atoms with van der Waals surface area (Å²) in [6.45, 7) is 6.05. The Labute approximate surface area is 88.5 Å². The van der Waals surface area contributed by atoms with Crippen molar-refractivity contribution in [2.75, 3.05) is 0 Å². The Balaban J connectivity index is 3.07.